The number of aromatic nitrogens is 2. The van der Waals surface area contributed by atoms with E-state index in [0.29, 0.717) is 0 Å². The lowest BCUT2D eigenvalue weighted by atomic mass is 10.0. The predicted octanol–water partition coefficient (Wildman–Crippen LogP) is 4.71. The lowest BCUT2D eigenvalue weighted by molar-refractivity contribution is 0.173. The van der Waals surface area contributed by atoms with Gasteiger partial charge in [0.05, 0.1) is 0 Å². The Morgan fingerprint density at radius 1 is 1.13 bits per heavy atom. The Morgan fingerprint density at radius 3 is 2.57 bits per heavy atom. The molecule has 0 atom stereocenters. The zero-order chi connectivity index (χ0) is 20.8. The number of hydrogen-bond acceptors (Lipinski definition) is 5. The van der Waals surface area contributed by atoms with E-state index in [2.05, 4.69) is 31.6 Å². The monoisotopic (exact) mass is 425 g/mol. The Morgan fingerprint density at radius 2 is 1.87 bits per heavy atom. The summed E-state index contributed by atoms with van der Waals surface area (Å²) in [7, 11) is 0. The number of aryl methyl sites for hydroxylation is 1. The molecular formula is C23H31N5OS. The van der Waals surface area contributed by atoms with Gasteiger partial charge in [-0.25, -0.2) is 14.8 Å². The highest BCUT2D eigenvalue weighted by Gasteiger charge is 2.24. The van der Waals surface area contributed by atoms with Crippen molar-refractivity contribution in [2.75, 3.05) is 25.0 Å². The van der Waals surface area contributed by atoms with Gasteiger partial charge in [-0.2, -0.15) is 0 Å². The van der Waals surface area contributed by atoms with Crippen LogP contribution < -0.4 is 10.6 Å². The van der Waals surface area contributed by atoms with Gasteiger partial charge >= 0.3 is 6.03 Å². The summed E-state index contributed by atoms with van der Waals surface area (Å²) in [5.41, 5.74) is 1.86. The zero-order valence-electron chi connectivity index (χ0n) is 17.6. The summed E-state index contributed by atoms with van der Waals surface area (Å²) in [6.07, 6.45) is 11.1. The van der Waals surface area contributed by atoms with E-state index in [4.69, 9.17) is 0 Å². The molecule has 0 bridgehead atoms. The number of carbonyl (C=O) groups excluding carboxylic acids is 1. The van der Waals surface area contributed by atoms with Gasteiger partial charge in [-0.05, 0) is 80.1 Å². The van der Waals surface area contributed by atoms with Crippen molar-refractivity contribution < 1.29 is 4.79 Å². The fraction of sp³-hybridized carbons (Fsp3) is 0.522. The van der Waals surface area contributed by atoms with Crippen LogP contribution in [0.1, 0.15) is 44.1 Å². The van der Waals surface area contributed by atoms with Crippen molar-refractivity contribution in [3.8, 4) is 0 Å². The molecule has 1 saturated heterocycles. The molecule has 2 aromatic rings. The molecule has 30 heavy (non-hydrogen) atoms. The normalized spacial score (nSPS) is 18.4. The zero-order valence-corrected chi connectivity index (χ0v) is 18.5. The fourth-order valence-corrected chi connectivity index (χ4v) is 5.25. The van der Waals surface area contributed by atoms with Gasteiger partial charge < -0.3 is 15.5 Å². The maximum atomic E-state index is 12.5. The third kappa shape index (κ3) is 5.95. The lowest BCUT2D eigenvalue weighted by Crippen LogP contribution is -2.46. The van der Waals surface area contributed by atoms with Crippen LogP contribution in [0.5, 0.6) is 0 Å². The van der Waals surface area contributed by atoms with Crippen molar-refractivity contribution in [1.29, 1.82) is 0 Å². The molecule has 1 saturated carbocycles. The molecule has 2 heterocycles. The number of benzene rings is 1. The first-order chi connectivity index (χ1) is 14.7. The molecule has 1 aliphatic heterocycles. The highest BCUT2D eigenvalue weighted by Crippen LogP contribution is 2.28. The Kier molecular flexibility index (Phi) is 7.23. The molecule has 0 radical (unpaired) electrons. The minimum Gasteiger partial charge on any atom is -0.335 e. The second kappa shape index (κ2) is 10.3. The van der Waals surface area contributed by atoms with Crippen LogP contribution >= 0.6 is 11.8 Å². The van der Waals surface area contributed by atoms with Gasteiger partial charge in [0, 0.05) is 48.7 Å². The van der Waals surface area contributed by atoms with E-state index in [1.807, 2.05) is 19.1 Å². The van der Waals surface area contributed by atoms with Crippen LogP contribution in [0, 0.1) is 12.8 Å². The molecule has 2 amide bonds. The van der Waals surface area contributed by atoms with Gasteiger partial charge in [0.1, 0.15) is 0 Å². The Labute approximate surface area is 183 Å². The van der Waals surface area contributed by atoms with Crippen molar-refractivity contribution in [3.63, 3.8) is 0 Å². The largest absolute Gasteiger partial charge is 0.335 e. The molecule has 0 unspecified atom stereocenters. The van der Waals surface area contributed by atoms with Crippen LogP contribution in [0.4, 0.5) is 10.5 Å². The molecule has 2 N–H and O–H groups in total. The first-order valence-corrected chi connectivity index (χ1v) is 11.8. The van der Waals surface area contributed by atoms with Gasteiger partial charge in [0.2, 0.25) is 0 Å². The van der Waals surface area contributed by atoms with Gasteiger partial charge in [-0.15, -0.1) is 0 Å². The first-order valence-electron chi connectivity index (χ1n) is 11.0. The Hall–Kier alpha value is -2.12. The van der Waals surface area contributed by atoms with Gasteiger partial charge in [-0.3, -0.25) is 0 Å². The van der Waals surface area contributed by atoms with E-state index in [9.17, 15) is 4.79 Å². The van der Waals surface area contributed by atoms with Gasteiger partial charge in [0.15, 0.2) is 5.16 Å². The number of nitrogens with one attached hydrogen (secondary N) is 2. The molecule has 2 aliphatic rings. The topological polar surface area (TPSA) is 70.1 Å². The number of rotatable bonds is 6. The fourth-order valence-electron chi connectivity index (χ4n) is 4.45. The average Bonchev–Trinajstić information content (AvgIpc) is 3.25. The lowest BCUT2D eigenvalue weighted by Gasteiger charge is -2.33. The SMILES string of the molecule is Cc1cc(Sc2ncccn2)ccc1NC(=O)NC1CCN(CC2CCCC2)CC1. The van der Waals surface area contributed by atoms with Crippen molar-refractivity contribution in [3.05, 3.63) is 42.2 Å². The molecule has 2 fully saturated rings. The van der Waals surface area contributed by atoms with Gasteiger partial charge in [0.25, 0.3) is 0 Å². The smallest absolute Gasteiger partial charge is 0.319 e. The standard InChI is InChI=1S/C23H31N5OS/c1-17-15-20(30-23-24-11-4-12-25-23)7-8-21(17)27-22(29)26-19-9-13-28(14-10-19)16-18-5-2-3-6-18/h4,7-8,11-12,15,18-19H,2-3,5-6,9-10,13-14,16H2,1H3,(H2,26,27,29). The molecule has 160 valence electrons. The average molecular weight is 426 g/mol. The van der Waals surface area contributed by atoms with Crippen LogP contribution in [-0.2, 0) is 0 Å². The van der Waals surface area contributed by atoms with E-state index in [-0.39, 0.29) is 12.1 Å². The van der Waals surface area contributed by atoms with E-state index >= 15 is 0 Å². The van der Waals surface area contributed by atoms with Crippen molar-refractivity contribution >= 4 is 23.5 Å². The second-order valence-electron chi connectivity index (χ2n) is 8.43. The Bertz CT molecular complexity index is 833. The number of hydrogen-bond donors (Lipinski definition) is 2. The molecule has 7 heteroatoms. The van der Waals surface area contributed by atoms with Crippen LogP contribution in [0.25, 0.3) is 0 Å². The maximum absolute atomic E-state index is 12.5. The molecule has 1 aromatic carbocycles. The number of amides is 2. The van der Waals surface area contributed by atoms with Crippen molar-refractivity contribution in [2.24, 2.45) is 5.92 Å². The quantitative estimate of drug-likeness (QED) is 0.656. The summed E-state index contributed by atoms with van der Waals surface area (Å²) < 4.78 is 0. The summed E-state index contributed by atoms with van der Waals surface area (Å²) in [5, 5.41) is 6.89. The van der Waals surface area contributed by atoms with E-state index in [0.717, 1.165) is 53.2 Å². The summed E-state index contributed by atoms with van der Waals surface area (Å²) in [6, 6.07) is 7.95. The van der Waals surface area contributed by atoms with E-state index in [1.165, 1.54) is 44.0 Å². The van der Waals surface area contributed by atoms with Crippen LogP contribution in [0.3, 0.4) is 0 Å². The maximum Gasteiger partial charge on any atom is 0.319 e. The number of likely N-dealkylation sites (tertiary alicyclic amines) is 1. The highest BCUT2D eigenvalue weighted by atomic mass is 32.2. The Balaban J connectivity index is 1.23. The van der Waals surface area contributed by atoms with Gasteiger partial charge in [-0.1, -0.05) is 12.8 Å². The predicted molar refractivity (Wildman–Crippen MR) is 121 cm³/mol. The number of piperidine rings is 1. The van der Waals surface area contributed by atoms with E-state index < -0.39 is 0 Å². The molecular weight excluding hydrogens is 394 g/mol. The first kappa shape index (κ1) is 21.1. The third-order valence-corrected chi connectivity index (χ3v) is 6.99. The number of anilines is 1. The van der Waals surface area contributed by atoms with Crippen LogP contribution in [0.2, 0.25) is 0 Å². The number of nitrogens with zero attached hydrogens (tertiary/aromatic N) is 3. The number of carbonyl (C=O) groups is 1. The van der Waals surface area contributed by atoms with E-state index in [1.54, 1.807) is 18.5 Å². The molecule has 1 aromatic heterocycles. The van der Waals surface area contributed by atoms with Crippen molar-refractivity contribution in [2.45, 2.75) is 61.5 Å². The third-order valence-electron chi connectivity index (χ3n) is 6.11. The van der Waals surface area contributed by atoms with Crippen LogP contribution in [0.15, 0.2) is 46.7 Å². The summed E-state index contributed by atoms with van der Waals surface area (Å²) in [5.74, 6) is 0.898. The summed E-state index contributed by atoms with van der Waals surface area (Å²) in [4.78, 5) is 24.6. The second-order valence-corrected chi connectivity index (χ2v) is 9.47. The van der Waals surface area contributed by atoms with Crippen LogP contribution in [-0.4, -0.2) is 46.6 Å². The summed E-state index contributed by atoms with van der Waals surface area (Å²) >= 11 is 1.51. The molecule has 6 nitrogen and oxygen atoms in total. The minimum absolute atomic E-state index is 0.112. The minimum atomic E-state index is -0.112. The highest BCUT2D eigenvalue weighted by molar-refractivity contribution is 7.99. The number of urea groups is 1. The molecule has 4 rings (SSSR count). The molecule has 0 spiro atoms. The summed E-state index contributed by atoms with van der Waals surface area (Å²) in [6.45, 7) is 5.44. The molecule has 1 aliphatic carbocycles. The van der Waals surface area contributed by atoms with Crippen molar-refractivity contribution in [1.82, 2.24) is 20.2 Å².